The molecule has 0 amide bonds. The number of hydrogen-bond acceptors (Lipinski definition) is 6. The summed E-state index contributed by atoms with van der Waals surface area (Å²) in [5.41, 5.74) is -3.67. The Hall–Kier alpha value is -2.68. The van der Waals surface area contributed by atoms with Crippen molar-refractivity contribution in [3.63, 3.8) is 0 Å². The SMILES string of the molecule is COc1cncc2c1C1(O)[C@H](O)[C@H](C(=O)O)C(c3ccccc3)C1([C@]1(C)C=CC(Br)=CC1)O2. The molecule has 3 N–H and O–H groups in total. The number of methoxy groups -OCH3 is 1. The molecule has 7 nitrogen and oxygen atoms in total. The number of aliphatic hydroxyl groups excluding tert-OH is 1. The van der Waals surface area contributed by atoms with Gasteiger partial charge in [0.15, 0.2) is 11.2 Å². The van der Waals surface area contributed by atoms with Gasteiger partial charge in [-0.3, -0.25) is 9.78 Å². The van der Waals surface area contributed by atoms with Gasteiger partial charge in [0.05, 0.1) is 31.0 Å². The summed E-state index contributed by atoms with van der Waals surface area (Å²) >= 11 is 3.49. The highest BCUT2D eigenvalue weighted by Crippen LogP contribution is 2.71. The Morgan fingerprint density at radius 2 is 2.00 bits per heavy atom. The molecule has 3 unspecified atom stereocenters. The minimum absolute atomic E-state index is 0.223. The van der Waals surface area contributed by atoms with Gasteiger partial charge in [0.2, 0.25) is 0 Å². The molecule has 1 fully saturated rings. The van der Waals surface area contributed by atoms with Gasteiger partial charge in [-0.1, -0.05) is 71.4 Å². The second-order valence-corrected chi connectivity index (χ2v) is 9.98. The summed E-state index contributed by atoms with van der Waals surface area (Å²) in [7, 11) is 1.44. The van der Waals surface area contributed by atoms with Gasteiger partial charge in [0.1, 0.15) is 17.6 Å². The monoisotopic (exact) mass is 513 g/mol. The Morgan fingerprint density at radius 3 is 2.61 bits per heavy atom. The van der Waals surface area contributed by atoms with Gasteiger partial charge in [-0.25, -0.2) is 0 Å². The molecule has 5 rings (SSSR count). The number of rotatable bonds is 4. The Labute approximate surface area is 199 Å². The van der Waals surface area contributed by atoms with Crippen molar-refractivity contribution >= 4 is 21.9 Å². The molecule has 33 heavy (non-hydrogen) atoms. The van der Waals surface area contributed by atoms with Crippen molar-refractivity contribution < 1.29 is 29.6 Å². The van der Waals surface area contributed by atoms with Crippen LogP contribution in [-0.2, 0) is 10.4 Å². The van der Waals surface area contributed by atoms with E-state index in [0.717, 1.165) is 4.48 Å². The molecule has 6 atom stereocenters. The van der Waals surface area contributed by atoms with Crippen molar-refractivity contribution in [3.8, 4) is 11.5 Å². The van der Waals surface area contributed by atoms with Crippen LogP contribution in [0.25, 0.3) is 0 Å². The van der Waals surface area contributed by atoms with Crippen LogP contribution in [0.3, 0.4) is 0 Å². The number of carbonyl (C=O) groups is 1. The van der Waals surface area contributed by atoms with E-state index in [1.54, 1.807) is 0 Å². The first kappa shape index (κ1) is 22.1. The number of aliphatic carboxylic acids is 1. The average Bonchev–Trinajstić information content (AvgIpc) is 3.20. The van der Waals surface area contributed by atoms with Gasteiger partial charge >= 0.3 is 5.97 Å². The zero-order chi connectivity index (χ0) is 23.6. The first-order valence-electron chi connectivity index (χ1n) is 10.7. The highest BCUT2D eigenvalue weighted by Gasteiger charge is 2.81. The van der Waals surface area contributed by atoms with Crippen LogP contribution in [0.1, 0.15) is 30.4 Å². The average molecular weight is 514 g/mol. The molecule has 2 heterocycles. The van der Waals surface area contributed by atoms with Crippen LogP contribution < -0.4 is 9.47 Å². The number of aromatic nitrogens is 1. The molecule has 1 saturated carbocycles. The minimum atomic E-state index is -2.09. The number of aliphatic hydroxyl groups is 2. The van der Waals surface area contributed by atoms with Gasteiger partial charge in [-0.05, 0) is 12.0 Å². The van der Waals surface area contributed by atoms with Crippen molar-refractivity contribution in [1.29, 1.82) is 0 Å². The number of carboxylic acid groups (broad SMARTS) is 1. The molecule has 0 saturated heterocycles. The molecule has 2 aliphatic carbocycles. The molecule has 0 bridgehead atoms. The summed E-state index contributed by atoms with van der Waals surface area (Å²) in [6.07, 6.45) is 7.42. The zero-order valence-electron chi connectivity index (χ0n) is 18.1. The lowest BCUT2D eigenvalue weighted by molar-refractivity contribution is -0.185. The minimum Gasteiger partial charge on any atom is -0.495 e. The standard InChI is InChI=1S/C25H24BrNO6/c1-23(10-8-15(26)9-11-23)25-19(14-6-4-3-5-7-14)18(22(29)30)21(28)24(25,31)20-16(32-2)12-27-13-17(20)33-25/h3-10,12-13,18-19,21,28,31H,11H2,1-2H3,(H,29,30)/t18-,19?,21-,23-,24?,25?/m1/s1. The van der Waals surface area contributed by atoms with E-state index in [9.17, 15) is 20.1 Å². The smallest absolute Gasteiger partial charge is 0.310 e. The second kappa shape index (κ2) is 7.41. The molecule has 8 heteroatoms. The number of pyridine rings is 1. The molecular formula is C25H24BrNO6. The quantitative estimate of drug-likeness (QED) is 0.573. The third kappa shape index (κ3) is 2.68. The fraction of sp³-hybridized carbons (Fsp3) is 0.360. The lowest BCUT2D eigenvalue weighted by Gasteiger charge is -2.51. The largest absolute Gasteiger partial charge is 0.495 e. The summed E-state index contributed by atoms with van der Waals surface area (Å²) in [5, 5.41) is 34.4. The summed E-state index contributed by atoms with van der Waals surface area (Å²) in [6.45, 7) is 1.92. The summed E-state index contributed by atoms with van der Waals surface area (Å²) in [6, 6.07) is 9.08. The number of hydrogen-bond donors (Lipinski definition) is 3. The summed E-state index contributed by atoms with van der Waals surface area (Å²) < 4.78 is 13.0. The third-order valence-electron chi connectivity index (χ3n) is 7.50. The number of carboxylic acids is 1. The molecule has 1 aliphatic heterocycles. The van der Waals surface area contributed by atoms with Gasteiger partial charge in [0.25, 0.3) is 0 Å². The third-order valence-corrected chi connectivity index (χ3v) is 8.09. The Bertz CT molecular complexity index is 1180. The Morgan fingerprint density at radius 1 is 1.27 bits per heavy atom. The van der Waals surface area contributed by atoms with Crippen molar-refractivity contribution in [3.05, 3.63) is 76.6 Å². The molecule has 0 spiro atoms. The van der Waals surface area contributed by atoms with E-state index >= 15 is 0 Å². The Kier molecular flexibility index (Phi) is 4.97. The predicted molar refractivity (Wildman–Crippen MR) is 123 cm³/mol. The van der Waals surface area contributed by atoms with Crippen molar-refractivity contribution in [2.45, 2.75) is 36.6 Å². The van der Waals surface area contributed by atoms with E-state index in [1.807, 2.05) is 55.5 Å². The van der Waals surface area contributed by atoms with Crippen LogP contribution >= 0.6 is 15.9 Å². The van der Waals surface area contributed by atoms with Crippen LogP contribution in [0.5, 0.6) is 11.5 Å². The topological polar surface area (TPSA) is 109 Å². The molecule has 3 aliphatic rings. The summed E-state index contributed by atoms with van der Waals surface area (Å²) in [4.78, 5) is 16.8. The first-order chi connectivity index (χ1) is 15.7. The van der Waals surface area contributed by atoms with Crippen molar-refractivity contribution in [1.82, 2.24) is 4.98 Å². The maximum absolute atomic E-state index is 12.6. The fourth-order valence-electron chi connectivity index (χ4n) is 6.10. The number of benzene rings is 1. The normalized spacial score (nSPS) is 36.5. The maximum atomic E-state index is 12.6. The van der Waals surface area contributed by atoms with Crippen molar-refractivity contribution in [2.75, 3.05) is 7.11 Å². The first-order valence-corrected chi connectivity index (χ1v) is 11.4. The van der Waals surface area contributed by atoms with E-state index in [-0.39, 0.29) is 17.1 Å². The Balaban J connectivity index is 1.88. The van der Waals surface area contributed by atoms with E-state index in [2.05, 4.69) is 20.9 Å². The number of halogens is 1. The van der Waals surface area contributed by atoms with Crippen LogP contribution in [0.2, 0.25) is 0 Å². The molecule has 2 aromatic rings. The number of nitrogens with zero attached hydrogens (tertiary/aromatic N) is 1. The van der Waals surface area contributed by atoms with E-state index in [1.165, 1.54) is 19.5 Å². The highest BCUT2D eigenvalue weighted by molar-refractivity contribution is 9.11. The number of ether oxygens (including phenoxy) is 2. The highest BCUT2D eigenvalue weighted by atomic mass is 79.9. The predicted octanol–water partition coefficient (Wildman–Crippen LogP) is 3.51. The van der Waals surface area contributed by atoms with E-state index in [0.29, 0.717) is 12.0 Å². The number of allylic oxidation sites excluding steroid dienone is 3. The molecule has 1 aromatic heterocycles. The molecule has 0 radical (unpaired) electrons. The van der Waals surface area contributed by atoms with Gasteiger partial charge in [-0.15, -0.1) is 0 Å². The lowest BCUT2D eigenvalue weighted by atomic mass is 9.58. The fourth-order valence-corrected chi connectivity index (χ4v) is 6.40. The molecular weight excluding hydrogens is 490 g/mol. The number of fused-ring (bicyclic) bond motifs is 3. The summed E-state index contributed by atoms with van der Waals surface area (Å²) in [5.74, 6) is -2.93. The van der Waals surface area contributed by atoms with Crippen LogP contribution in [0, 0.1) is 11.3 Å². The van der Waals surface area contributed by atoms with Crippen LogP contribution in [0.4, 0.5) is 0 Å². The van der Waals surface area contributed by atoms with Gasteiger partial charge in [-0.2, -0.15) is 0 Å². The van der Waals surface area contributed by atoms with Crippen LogP contribution in [0.15, 0.2) is 65.4 Å². The van der Waals surface area contributed by atoms with Gasteiger partial charge in [0, 0.05) is 15.8 Å². The van der Waals surface area contributed by atoms with Crippen molar-refractivity contribution in [2.24, 2.45) is 11.3 Å². The van der Waals surface area contributed by atoms with E-state index in [4.69, 9.17) is 9.47 Å². The maximum Gasteiger partial charge on any atom is 0.310 e. The van der Waals surface area contributed by atoms with Crippen LogP contribution in [-0.4, -0.2) is 45.1 Å². The second-order valence-electron chi connectivity index (χ2n) is 9.06. The van der Waals surface area contributed by atoms with E-state index < -0.39 is 40.5 Å². The molecule has 172 valence electrons. The molecule has 1 aromatic carbocycles. The van der Waals surface area contributed by atoms with Gasteiger partial charge < -0.3 is 24.8 Å². The zero-order valence-corrected chi connectivity index (χ0v) is 19.7. The lowest BCUT2D eigenvalue weighted by Crippen LogP contribution is -2.63.